The maximum absolute atomic E-state index is 12.1. The molecule has 0 spiro atoms. The van der Waals surface area contributed by atoms with Crippen LogP contribution in [0.1, 0.15) is 34.1 Å². The topological polar surface area (TPSA) is 75.7 Å². The van der Waals surface area contributed by atoms with E-state index in [0.29, 0.717) is 19.6 Å². The first-order chi connectivity index (χ1) is 9.65. The number of nitrogens with one attached hydrogen (secondary N) is 1. The van der Waals surface area contributed by atoms with Gasteiger partial charge in [-0.15, -0.1) is 0 Å². The molecular weight excluding hydrogens is 292 g/mol. The lowest BCUT2D eigenvalue weighted by Crippen LogP contribution is -2.56. The Labute approximate surface area is 128 Å². The molecule has 1 heterocycles. The Morgan fingerprint density at radius 3 is 2.62 bits per heavy atom. The number of rotatable bonds is 6. The van der Waals surface area contributed by atoms with Gasteiger partial charge in [0.1, 0.15) is 5.54 Å². The monoisotopic (exact) mass is 320 g/mol. The Balaban J connectivity index is 2.75. The average Bonchev–Trinajstić information content (AvgIpc) is 2.37. The highest BCUT2D eigenvalue weighted by Gasteiger charge is 2.38. The number of hydrogen-bond acceptors (Lipinski definition) is 6. The molecule has 6 nitrogen and oxygen atoms in total. The molecule has 124 valence electrons. The Bertz CT molecular complexity index is 466. The molecule has 0 aromatic rings. The van der Waals surface area contributed by atoms with Gasteiger partial charge in [-0.05, 0) is 41.2 Å². The lowest BCUT2D eigenvalue weighted by atomic mass is 9.92. The molecule has 1 fully saturated rings. The van der Waals surface area contributed by atoms with Crippen LogP contribution in [0.5, 0.6) is 0 Å². The Morgan fingerprint density at radius 1 is 1.52 bits per heavy atom. The van der Waals surface area contributed by atoms with Crippen LogP contribution in [0.2, 0.25) is 0 Å². The van der Waals surface area contributed by atoms with E-state index in [4.69, 9.17) is 4.74 Å². The molecule has 7 heteroatoms. The van der Waals surface area contributed by atoms with Crippen molar-refractivity contribution in [2.75, 3.05) is 31.7 Å². The first-order valence-corrected chi connectivity index (χ1v) is 9.29. The predicted octanol–water partition coefficient (Wildman–Crippen LogP) is 0.425. The molecule has 1 saturated heterocycles. The third-order valence-electron chi connectivity index (χ3n) is 4.27. The molecule has 0 saturated carbocycles. The number of sulfone groups is 1. The summed E-state index contributed by atoms with van der Waals surface area (Å²) in [7, 11) is -1.18. The second-order valence-electron chi connectivity index (χ2n) is 6.06. The van der Waals surface area contributed by atoms with Crippen molar-refractivity contribution < 1.29 is 17.9 Å². The highest BCUT2D eigenvalue weighted by molar-refractivity contribution is 7.91. The van der Waals surface area contributed by atoms with E-state index in [1.807, 2.05) is 20.8 Å². The van der Waals surface area contributed by atoms with Gasteiger partial charge in [0.2, 0.25) is 0 Å². The number of esters is 1. The van der Waals surface area contributed by atoms with Crippen molar-refractivity contribution in [3.05, 3.63) is 0 Å². The molecule has 0 amide bonds. The fraction of sp³-hybridized carbons (Fsp3) is 0.929. The van der Waals surface area contributed by atoms with Crippen LogP contribution in [-0.2, 0) is 19.4 Å². The smallest absolute Gasteiger partial charge is 0.326 e. The van der Waals surface area contributed by atoms with Crippen LogP contribution in [0, 0.1) is 0 Å². The lowest BCUT2D eigenvalue weighted by molar-refractivity contribution is -0.151. The first kappa shape index (κ1) is 18.4. The molecule has 3 atom stereocenters. The van der Waals surface area contributed by atoms with E-state index in [1.54, 1.807) is 14.0 Å². The van der Waals surface area contributed by atoms with Gasteiger partial charge in [0.25, 0.3) is 0 Å². The van der Waals surface area contributed by atoms with Crippen LogP contribution in [0.25, 0.3) is 0 Å². The van der Waals surface area contributed by atoms with Crippen LogP contribution < -0.4 is 5.32 Å². The minimum Gasteiger partial charge on any atom is -0.465 e. The standard InChI is InChI=1S/C14H28N2O4S/c1-6-20-13(17)14(4,15-5)9-11(2)16-7-8-21(18,19)10-12(16)3/h11-12,15H,6-10H2,1-5H3. The quantitative estimate of drug-likeness (QED) is 0.715. The van der Waals surface area contributed by atoms with Gasteiger partial charge >= 0.3 is 5.97 Å². The van der Waals surface area contributed by atoms with Crippen molar-refractivity contribution in [1.82, 2.24) is 10.2 Å². The summed E-state index contributed by atoms with van der Waals surface area (Å²) in [6, 6.07) is 0.0689. The number of likely N-dealkylation sites (N-methyl/N-ethyl adjacent to an activating group) is 1. The zero-order valence-electron chi connectivity index (χ0n) is 13.7. The molecule has 0 aliphatic carbocycles. The Hall–Kier alpha value is -0.660. The Kier molecular flexibility index (Phi) is 6.19. The number of ether oxygens (including phenoxy) is 1. The van der Waals surface area contributed by atoms with Crippen molar-refractivity contribution in [3.63, 3.8) is 0 Å². The summed E-state index contributed by atoms with van der Waals surface area (Å²) in [5, 5.41) is 3.04. The summed E-state index contributed by atoms with van der Waals surface area (Å²) in [5.41, 5.74) is -0.758. The second kappa shape index (κ2) is 7.07. The van der Waals surface area contributed by atoms with Gasteiger partial charge in [-0.1, -0.05) is 0 Å². The first-order valence-electron chi connectivity index (χ1n) is 7.47. The molecule has 1 rings (SSSR count). The van der Waals surface area contributed by atoms with E-state index in [9.17, 15) is 13.2 Å². The zero-order valence-corrected chi connectivity index (χ0v) is 14.5. The minimum absolute atomic E-state index is 0.0259. The van der Waals surface area contributed by atoms with Crippen molar-refractivity contribution in [2.45, 2.75) is 51.7 Å². The number of hydrogen-bond donors (Lipinski definition) is 1. The second-order valence-corrected chi connectivity index (χ2v) is 8.29. The van der Waals surface area contributed by atoms with E-state index >= 15 is 0 Å². The SMILES string of the molecule is CCOC(=O)C(C)(CC(C)N1CCS(=O)(=O)CC1C)NC. The molecule has 3 unspecified atom stereocenters. The van der Waals surface area contributed by atoms with Crippen LogP contribution in [0.3, 0.4) is 0 Å². The number of carbonyl (C=O) groups excluding carboxylic acids is 1. The summed E-state index contributed by atoms with van der Waals surface area (Å²) in [5.74, 6) is 0.112. The van der Waals surface area contributed by atoms with Gasteiger partial charge in [-0.25, -0.2) is 8.42 Å². The molecule has 0 aromatic carbocycles. The summed E-state index contributed by atoms with van der Waals surface area (Å²) in [4.78, 5) is 14.3. The third kappa shape index (κ3) is 4.66. The van der Waals surface area contributed by atoms with E-state index in [0.717, 1.165) is 0 Å². The summed E-state index contributed by atoms with van der Waals surface area (Å²) in [6.45, 7) is 8.44. The number of carbonyl (C=O) groups is 1. The van der Waals surface area contributed by atoms with Gasteiger partial charge < -0.3 is 10.1 Å². The summed E-state index contributed by atoms with van der Waals surface area (Å²) >= 11 is 0. The van der Waals surface area contributed by atoms with Crippen LogP contribution >= 0.6 is 0 Å². The molecular formula is C14H28N2O4S. The van der Waals surface area contributed by atoms with Gasteiger partial charge in [-0.3, -0.25) is 9.69 Å². The molecule has 1 aliphatic heterocycles. The van der Waals surface area contributed by atoms with E-state index < -0.39 is 15.4 Å². The van der Waals surface area contributed by atoms with Gasteiger partial charge in [0.15, 0.2) is 9.84 Å². The van der Waals surface area contributed by atoms with E-state index in [2.05, 4.69) is 10.2 Å². The molecule has 0 radical (unpaired) electrons. The maximum atomic E-state index is 12.1. The van der Waals surface area contributed by atoms with Crippen LogP contribution in [0.15, 0.2) is 0 Å². The van der Waals surface area contributed by atoms with Gasteiger partial charge in [-0.2, -0.15) is 0 Å². The van der Waals surface area contributed by atoms with Crippen molar-refractivity contribution in [3.8, 4) is 0 Å². The lowest BCUT2D eigenvalue weighted by Gasteiger charge is -2.40. The third-order valence-corrected chi connectivity index (χ3v) is 6.06. The molecule has 1 N–H and O–H groups in total. The molecule has 0 aromatic heterocycles. The van der Waals surface area contributed by atoms with Crippen molar-refractivity contribution in [1.29, 1.82) is 0 Å². The van der Waals surface area contributed by atoms with Crippen LogP contribution in [0.4, 0.5) is 0 Å². The summed E-state index contributed by atoms with van der Waals surface area (Å²) < 4.78 is 28.4. The Morgan fingerprint density at radius 2 is 2.14 bits per heavy atom. The van der Waals surface area contributed by atoms with E-state index in [1.165, 1.54) is 0 Å². The largest absolute Gasteiger partial charge is 0.465 e. The average molecular weight is 320 g/mol. The van der Waals surface area contributed by atoms with Crippen molar-refractivity contribution in [2.24, 2.45) is 0 Å². The highest BCUT2D eigenvalue weighted by Crippen LogP contribution is 2.22. The van der Waals surface area contributed by atoms with E-state index in [-0.39, 0.29) is 29.6 Å². The fourth-order valence-corrected chi connectivity index (χ4v) is 4.53. The predicted molar refractivity (Wildman–Crippen MR) is 83.0 cm³/mol. The summed E-state index contributed by atoms with van der Waals surface area (Å²) in [6.07, 6.45) is 0.576. The normalized spacial score (nSPS) is 26.8. The zero-order chi connectivity index (χ0) is 16.3. The molecule has 1 aliphatic rings. The van der Waals surface area contributed by atoms with Gasteiger partial charge in [0.05, 0.1) is 18.1 Å². The van der Waals surface area contributed by atoms with Crippen LogP contribution in [-0.4, -0.2) is 68.6 Å². The maximum Gasteiger partial charge on any atom is 0.326 e. The fourth-order valence-electron chi connectivity index (χ4n) is 2.95. The van der Waals surface area contributed by atoms with Crippen molar-refractivity contribution >= 4 is 15.8 Å². The number of nitrogens with zero attached hydrogens (tertiary/aromatic N) is 1. The molecule has 21 heavy (non-hydrogen) atoms. The molecule has 0 bridgehead atoms. The minimum atomic E-state index is -2.92. The highest BCUT2D eigenvalue weighted by atomic mass is 32.2. The van der Waals surface area contributed by atoms with Gasteiger partial charge in [0, 0.05) is 18.6 Å².